The first-order valence-electron chi connectivity index (χ1n) is 5.05. The lowest BCUT2D eigenvalue weighted by Crippen LogP contribution is -2.13. The summed E-state index contributed by atoms with van der Waals surface area (Å²) in [7, 11) is 0. The molecule has 0 saturated carbocycles. The van der Waals surface area contributed by atoms with Crippen LogP contribution < -0.4 is 0 Å². The first-order chi connectivity index (χ1) is 7.27. The van der Waals surface area contributed by atoms with E-state index in [1.807, 2.05) is 0 Å². The Labute approximate surface area is 87.4 Å². The van der Waals surface area contributed by atoms with Crippen LogP contribution in [0.15, 0.2) is 12.2 Å². The highest BCUT2D eigenvalue weighted by molar-refractivity contribution is 5.66. The Morgan fingerprint density at radius 2 is 2.13 bits per heavy atom. The molecule has 2 rings (SSSR count). The van der Waals surface area contributed by atoms with Crippen molar-refractivity contribution in [3.63, 3.8) is 0 Å². The van der Waals surface area contributed by atoms with Gasteiger partial charge in [-0.25, -0.2) is 4.68 Å². The van der Waals surface area contributed by atoms with Gasteiger partial charge in [0.2, 0.25) is 0 Å². The Hall–Kier alpha value is -1.65. The number of allylic oxidation sites excluding steroid dienone is 2. The second kappa shape index (κ2) is 4.25. The second-order valence-corrected chi connectivity index (χ2v) is 3.58. The predicted molar refractivity (Wildman–Crippen MR) is 53.4 cm³/mol. The van der Waals surface area contributed by atoms with Crippen molar-refractivity contribution in [2.75, 3.05) is 0 Å². The van der Waals surface area contributed by atoms with Gasteiger partial charge in [0.25, 0.3) is 0 Å². The minimum absolute atomic E-state index is 0.0912. The van der Waals surface area contributed by atoms with Crippen molar-refractivity contribution >= 4 is 5.97 Å². The summed E-state index contributed by atoms with van der Waals surface area (Å²) in [5.41, 5.74) is 1.92. The van der Waals surface area contributed by atoms with Crippen molar-refractivity contribution in [3.05, 3.63) is 23.5 Å². The van der Waals surface area contributed by atoms with Gasteiger partial charge in [-0.05, 0) is 25.7 Å². The monoisotopic (exact) mass is 207 g/mol. The van der Waals surface area contributed by atoms with Crippen LogP contribution in [-0.2, 0) is 24.2 Å². The van der Waals surface area contributed by atoms with Crippen molar-refractivity contribution < 1.29 is 9.90 Å². The molecule has 1 aliphatic carbocycles. The Morgan fingerprint density at radius 3 is 2.87 bits per heavy atom. The fourth-order valence-electron chi connectivity index (χ4n) is 1.77. The van der Waals surface area contributed by atoms with Crippen LogP contribution in [0.25, 0.3) is 0 Å². The number of rotatable bonds is 2. The maximum absolute atomic E-state index is 10.6. The van der Waals surface area contributed by atoms with Crippen LogP contribution in [-0.4, -0.2) is 26.1 Å². The fraction of sp³-hybridized carbons (Fsp3) is 0.500. The molecule has 80 valence electrons. The number of nitrogens with zero attached hydrogens (tertiary/aromatic N) is 3. The van der Waals surface area contributed by atoms with E-state index in [2.05, 4.69) is 22.5 Å². The number of fused-ring (bicyclic) bond motifs is 1. The number of aliphatic carboxylic acids is 1. The van der Waals surface area contributed by atoms with Crippen LogP contribution in [0.3, 0.4) is 0 Å². The molecule has 0 spiro atoms. The van der Waals surface area contributed by atoms with Crippen molar-refractivity contribution in [3.8, 4) is 0 Å². The average Bonchev–Trinajstić information content (AvgIpc) is 2.46. The Balaban J connectivity index is 2.24. The topological polar surface area (TPSA) is 68.0 Å². The van der Waals surface area contributed by atoms with E-state index in [4.69, 9.17) is 5.11 Å². The van der Waals surface area contributed by atoms with Crippen LogP contribution in [0.5, 0.6) is 0 Å². The summed E-state index contributed by atoms with van der Waals surface area (Å²) in [5.74, 6) is -0.875. The summed E-state index contributed by atoms with van der Waals surface area (Å²) >= 11 is 0. The van der Waals surface area contributed by atoms with E-state index < -0.39 is 5.97 Å². The molecule has 0 aliphatic heterocycles. The summed E-state index contributed by atoms with van der Waals surface area (Å²) < 4.78 is 1.50. The van der Waals surface area contributed by atoms with Crippen LogP contribution >= 0.6 is 0 Å². The van der Waals surface area contributed by atoms with Gasteiger partial charge in [-0.3, -0.25) is 4.79 Å². The summed E-state index contributed by atoms with van der Waals surface area (Å²) in [6.45, 7) is -0.0912. The zero-order valence-corrected chi connectivity index (χ0v) is 8.39. The molecular weight excluding hydrogens is 194 g/mol. The maximum Gasteiger partial charge on any atom is 0.325 e. The van der Waals surface area contributed by atoms with Crippen molar-refractivity contribution in [2.24, 2.45) is 0 Å². The number of hydrogen-bond donors (Lipinski definition) is 1. The molecule has 5 nitrogen and oxygen atoms in total. The highest BCUT2D eigenvalue weighted by Crippen LogP contribution is 2.14. The molecule has 15 heavy (non-hydrogen) atoms. The van der Waals surface area contributed by atoms with Gasteiger partial charge in [-0.1, -0.05) is 17.4 Å². The normalized spacial score (nSPS) is 17.6. The molecule has 1 heterocycles. The van der Waals surface area contributed by atoms with Gasteiger partial charge in [0.05, 0.1) is 11.4 Å². The van der Waals surface area contributed by atoms with Crippen molar-refractivity contribution in [1.29, 1.82) is 0 Å². The number of carboxylic acids is 1. The number of aryl methyl sites for hydroxylation is 1. The lowest BCUT2D eigenvalue weighted by Gasteiger charge is -2.06. The molecule has 0 aromatic carbocycles. The maximum atomic E-state index is 10.6. The summed E-state index contributed by atoms with van der Waals surface area (Å²) in [6.07, 6.45) is 7.83. The predicted octanol–water partition coefficient (Wildman–Crippen LogP) is 0.798. The lowest BCUT2D eigenvalue weighted by molar-refractivity contribution is -0.137. The van der Waals surface area contributed by atoms with Crippen LogP contribution in [0.1, 0.15) is 24.2 Å². The molecule has 0 unspecified atom stereocenters. The van der Waals surface area contributed by atoms with E-state index in [0.717, 1.165) is 37.1 Å². The van der Waals surface area contributed by atoms with E-state index >= 15 is 0 Å². The zero-order chi connectivity index (χ0) is 10.7. The SMILES string of the molecule is O=C(O)Cn1nnc2c1CC/C=C/CC2. The smallest absolute Gasteiger partial charge is 0.325 e. The first-order valence-corrected chi connectivity index (χ1v) is 5.05. The summed E-state index contributed by atoms with van der Waals surface area (Å²) in [6, 6.07) is 0. The van der Waals surface area contributed by atoms with Gasteiger partial charge >= 0.3 is 5.97 Å². The molecular formula is C10H13N3O2. The zero-order valence-electron chi connectivity index (χ0n) is 8.39. The van der Waals surface area contributed by atoms with Crippen LogP contribution in [0.4, 0.5) is 0 Å². The molecule has 0 radical (unpaired) electrons. The molecule has 0 saturated heterocycles. The van der Waals surface area contributed by atoms with Gasteiger partial charge in [-0.15, -0.1) is 5.10 Å². The molecule has 1 aromatic rings. The molecule has 0 bridgehead atoms. The molecule has 0 fully saturated rings. The summed E-state index contributed by atoms with van der Waals surface area (Å²) in [4.78, 5) is 10.6. The van der Waals surface area contributed by atoms with Crippen molar-refractivity contribution in [2.45, 2.75) is 32.2 Å². The molecule has 5 heteroatoms. The minimum atomic E-state index is -0.875. The first kappa shape index (κ1) is 9.89. The van der Waals surface area contributed by atoms with Crippen LogP contribution in [0, 0.1) is 0 Å². The van der Waals surface area contributed by atoms with E-state index in [0.29, 0.717) is 0 Å². The van der Waals surface area contributed by atoms with Gasteiger partial charge in [0, 0.05) is 0 Å². The average molecular weight is 207 g/mol. The molecule has 1 aromatic heterocycles. The lowest BCUT2D eigenvalue weighted by atomic mass is 10.1. The largest absolute Gasteiger partial charge is 0.480 e. The Kier molecular flexibility index (Phi) is 2.80. The van der Waals surface area contributed by atoms with Gasteiger partial charge in [0.15, 0.2) is 0 Å². The van der Waals surface area contributed by atoms with E-state index in [9.17, 15) is 4.79 Å². The van der Waals surface area contributed by atoms with Gasteiger partial charge < -0.3 is 5.11 Å². The van der Waals surface area contributed by atoms with Crippen LogP contribution in [0.2, 0.25) is 0 Å². The standard InChI is InChI=1S/C10H13N3O2/c14-10(15)7-13-9-6-4-2-1-3-5-8(9)11-12-13/h1-2H,3-7H2,(H,14,15)/b2-1+. The third-order valence-corrected chi connectivity index (χ3v) is 2.47. The fourth-order valence-corrected chi connectivity index (χ4v) is 1.77. The van der Waals surface area contributed by atoms with E-state index in [1.54, 1.807) is 0 Å². The Bertz CT molecular complexity index is 395. The second-order valence-electron chi connectivity index (χ2n) is 3.58. The van der Waals surface area contributed by atoms with Crippen molar-refractivity contribution in [1.82, 2.24) is 15.0 Å². The Morgan fingerprint density at radius 1 is 1.40 bits per heavy atom. The third-order valence-electron chi connectivity index (χ3n) is 2.47. The molecule has 0 amide bonds. The third kappa shape index (κ3) is 2.23. The molecule has 1 N–H and O–H groups in total. The van der Waals surface area contributed by atoms with E-state index in [1.165, 1.54) is 4.68 Å². The highest BCUT2D eigenvalue weighted by Gasteiger charge is 2.14. The quantitative estimate of drug-likeness (QED) is 0.728. The molecule has 0 atom stereocenters. The van der Waals surface area contributed by atoms with Gasteiger partial charge in [-0.2, -0.15) is 0 Å². The van der Waals surface area contributed by atoms with E-state index in [-0.39, 0.29) is 6.54 Å². The number of carboxylic acid groups (broad SMARTS) is 1. The number of aromatic nitrogens is 3. The number of hydrogen-bond acceptors (Lipinski definition) is 3. The number of carbonyl (C=O) groups is 1. The summed E-state index contributed by atoms with van der Waals surface area (Å²) in [5, 5.41) is 16.6. The molecule has 1 aliphatic rings. The minimum Gasteiger partial charge on any atom is -0.480 e. The highest BCUT2D eigenvalue weighted by atomic mass is 16.4. The van der Waals surface area contributed by atoms with Gasteiger partial charge in [0.1, 0.15) is 6.54 Å².